The average molecular weight is 246 g/mol. The number of ether oxygens (including phenoxy) is 2. The molecule has 0 bridgehead atoms. The van der Waals surface area contributed by atoms with Gasteiger partial charge in [-0.2, -0.15) is 0 Å². The van der Waals surface area contributed by atoms with Gasteiger partial charge in [0.25, 0.3) is 0 Å². The number of benzene rings is 1. The van der Waals surface area contributed by atoms with Crippen LogP contribution in [0.2, 0.25) is 0 Å². The minimum atomic E-state index is -0.688. The quantitative estimate of drug-likeness (QED) is 0.870. The molecule has 2 unspecified atom stereocenters. The molecular weight excluding hydrogens is 228 g/mol. The van der Waals surface area contributed by atoms with Crippen LogP contribution in [0.1, 0.15) is 30.1 Å². The molecule has 0 spiro atoms. The first-order valence-corrected chi connectivity index (χ1v) is 6.56. The molecule has 1 aromatic carbocycles. The summed E-state index contributed by atoms with van der Waals surface area (Å²) in [6, 6.07) is 8.16. The highest BCUT2D eigenvalue weighted by Gasteiger charge is 2.31. The molecule has 96 valence electrons. The molecule has 0 saturated carbocycles. The third kappa shape index (κ3) is 2.16. The second-order valence-electron chi connectivity index (χ2n) is 4.78. The first kappa shape index (κ1) is 11.8. The highest BCUT2D eigenvalue weighted by molar-refractivity contribution is 5.33. The van der Waals surface area contributed by atoms with Gasteiger partial charge in [0, 0.05) is 0 Å². The summed E-state index contributed by atoms with van der Waals surface area (Å²) >= 11 is 0. The van der Waals surface area contributed by atoms with Crippen LogP contribution < -0.4 is 0 Å². The summed E-state index contributed by atoms with van der Waals surface area (Å²) < 4.78 is 11.3. The normalized spacial score (nSPS) is 24.7. The molecular formula is C15H18O3. The van der Waals surface area contributed by atoms with E-state index in [1.54, 1.807) is 0 Å². The van der Waals surface area contributed by atoms with Gasteiger partial charge in [0.1, 0.15) is 18.0 Å². The Hall–Kier alpha value is -1.32. The van der Waals surface area contributed by atoms with Crippen molar-refractivity contribution in [2.45, 2.75) is 31.5 Å². The fourth-order valence-corrected chi connectivity index (χ4v) is 2.62. The van der Waals surface area contributed by atoms with Crippen LogP contribution in [0.4, 0.5) is 0 Å². The molecule has 2 atom stereocenters. The molecule has 3 nitrogen and oxygen atoms in total. The molecule has 1 N–H and O–H groups in total. The predicted molar refractivity (Wildman–Crippen MR) is 68.1 cm³/mol. The van der Waals surface area contributed by atoms with Crippen LogP contribution in [0.3, 0.4) is 0 Å². The van der Waals surface area contributed by atoms with Gasteiger partial charge in [0.05, 0.1) is 13.2 Å². The van der Waals surface area contributed by atoms with Crippen LogP contribution in [0, 0.1) is 0 Å². The van der Waals surface area contributed by atoms with Gasteiger partial charge in [-0.3, -0.25) is 0 Å². The maximum Gasteiger partial charge on any atom is 0.141 e. The lowest BCUT2D eigenvalue weighted by molar-refractivity contribution is -0.0544. The summed E-state index contributed by atoms with van der Waals surface area (Å²) in [5.74, 6) is 0.669. The third-order valence-electron chi connectivity index (χ3n) is 3.57. The smallest absolute Gasteiger partial charge is 0.141 e. The molecule has 18 heavy (non-hydrogen) atoms. The maximum absolute atomic E-state index is 10.4. The third-order valence-corrected chi connectivity index (χ3v) is 3.57. The number of hydrogen-bond acceptors (Lipinski definition) is 3. The molecule has 3 rings (SSSR count). The molecule has 0 saturated heterocycles. The second-order valence-corrected chi connectivity index (χ2v) is 4.78. The van der Waals surface area contributed by atoms with E-state index in [2.05, 4.69) is 6.07 Å². The molecule has 2 aliphatic rings. The number of allylic oxidation sites excluding steroid dienone is 1. The van der Waals surface area contributed by atoms with Gasteiger partial charge in [0.15, 0.2) is 0 Å². The summed E-state index contributed by atoms with van der Waals surface area (Å²) in [6.07, 6.45) is 3.92. The van der Waals surface area contributed by atoms with Crippen LogP contribution in [0.15, 0.2) is 36.1 Å². The van der Waals surface area contributed by atoms with Gasteiger partial charge in [0.2, 0.25) is 0 Å². The van der Waals surface area contributed by atoms with E-state index in [4.69, 9.17) is 9.47 Å². The SMILES string of the molecule is OC(C1=CCCCO1)C1OCCc2ccccc21. The zero-order valence-electron chi connectivity index (χ0n) is 10.3. The minimum Gasteiger partial charge on any atom is -0.495 e. The number of hydrogen-bond donors (Lipinski definition) is 1. The Kier molecular flexibility index (Phi) is 3.35. The van der Waals surface area contributed by atoms with Gasteiger partial charge in [-0.25, -0.2) is 0 Å². The van der Waals surface area contributed by atoms with Gasteiger partial charge < -0.3 is 14.6 Å². The fraction of sp³-hybridized carbons (Fsp3) is 0.467. The van der Waals surface area contributed by atoms with Crippen molar-refractivity contribution >= 4 is 0 Å². The van der Waals surface area contributed by atoms with Crippen molar-refractivity contribution in [1.29, 1.82) is 0 Å². The Balaban J connectivity index is 1.86. The van der Waals surface area contributed by atoms with Crippen molar-refractivity contribution in [3.8, 4) is 0 Å². The van der Waals surface area contributed by atoms with Crippen molar-refractivity contribution in [2.75, 3.05) is 13.2 Å². The minimum absolute atomic E-state index is 0.292. The molecule has 1 aromatic rings. The number of rotatable bonds is 2. The molecule has 0 fully saturated rings. The van der Waals surface area contributed by atoms with Crippen molar-refractivity contribution in [2.24, 2.45) is 0 Å². The standard InChI is InChI=1S/C15H18O3/c16-14(13-7-3-4-9-17-13)15-12-6-2-1-5-11(12)8-10-18-15/h1-2,5-7,14-16H,3-4,8-10H2. The van der Waals surface area contributed by atoms with Gasteiger partial charge in [-0.15, -0.1) is 0 Å². The first-order valence-electron chi connectivity index (χ1n) is 6.56. The molecule has 0 amide bonds. The lowest BCUT2D eigenvalue weighted by Gasteiger charge is -2.31. The van der Waals surface area contributed by atoms with Crippen LogP contribution in [-0.4, -0.2) is 24.4 Å². The first-order chi connectivity index (χ1) is 8.86. The van der Waals surface area contributed by atoms with Crippen LogP contribution >= 0.6 is 0 Å². The van der Waals surface area contributed by atoms with Gasteiger partial charge in [-0.1, -0.05) is 24.3 Å². The number of aliphatic hydroxyl groups is 1. The van der Waals surface area contributed by atoms with Crippen molar-refractivity contribution < 1.29 is 14.6 Å². The molecule has 3 heteroatoms. The monoisotopic (exact) mass is 246 g/mol. The zero-order chi connectivity index (χ0) is 12.4. The Morgan fingerprint density at radius 1 is 1.22 bits per heavy atom. The van der Waals surface area contributed by atoms with Gasteiger partial charge in [-0.05, 0) is 36.5 Å². The molecule has 0 aliphatic carbocycles. The van der Waals surface area contributed by atoms with Crippen molar-refractivity contribution in [3.05, 3.63) is 47.2 Å². The maximum atomic E-state index is 10.4. The average Bonchev–Trinajstić information content (AvgIpc) is 2.47. The Labute approximate surface area is 107 Å². The van der Waals surface area contributed by atoms with Gasteiger partial charge >= 0.3 is 0 Å². The molecule has 2 aliphatic heterocycles. The van der Waals surface area contributed by atoms with Crippen molar-refractivity contribution in [3.63, 3.8) is 0 Å². The van der Waals surface area contributed by atoms with E-state index in [0.717, 1.165) is 24.8 Å². The summed E-state index contributed by atoms with van der Waals surface area (Å²) in [5, 5.41) is 10.4. The van der Waals surface area contributed by atoms with E-state index in [1.807, 2.05) is 24.3 Å². The summed E-state index contributed by atoms with van der Waals surface area (Å²) in [6.45, 7) is 1.35. The summed E-state index contributed by atoms with van der Waals surface area (Å²) in [7, 11) is 0. The Bertz CT molecular complexity index is 453. The highest BCUT2D eigenvalue weighted by Crippen LogP contribution is 2.33. The number of fused-ring (bicyclic) bond motifs is 1. The van der Waals surface area contributed by atoms with E-state index >= 15 is 0 Å². The van der Waals surface area contributed by atoms with Crippen LogP contribution in [0.5, 0.6) is 0 Å². The Morgan fingerprint density at radius 3 is 2.94 bits per heavy atom. The topological polar surface area (TPSA) is 38.7 Å². The van der Waals surface area contributed by atoms with E-state index in [-0.39, 0.29) is 6.10 Å². The second kappa shape index (κ2) is 5.12. The lowest BCUT2D eigenvalue weighted by atomic mass is 9.93. The van der Waals surface area contributed by atoms with E-state index < -0.39 is 6.10 Å². The number of aliphatic hydroxyl groups excluding tert-OH is 1. The van der Waals surface area contributed by atoms with E-state index in [0.29, 0.717) is 19.0 Å². The Morgan fingerprint density at radius 2 is 2.11 bits per heavy atom. The molecule has 2 heterocycles. The molecule has 0 aromatic heterocycles. The fourth-order valence-electron chi connectivity index (χ4n) is 2.62. The van der Waals surface area contributed by atoms with Crippen molar-refractivity contribution in [1.82, 2.24) is 0 Å². The van der Waals surface area contributed by atoms with Crippen LogP contribution in [-0.2, 0) is 15.9 Å². The van der Waals surface area contributed by atoms with Crippen LogP contribution in [0.25, 0.3) is 0 Å². The highest BCUT2D eigenvalue weighted by atomic mass is 16.5. The predicted octanol–water partition coefficient (Wildman–Crippen LogP) is 2.36. The summed E-state index contributed by atoms with van der Waals surface area (Å²) in [4.78, 5) is 0. The zero-order valence-corrected chi connectivity index (χ0v) is 10.3. The molecule has 0 radical (unpaired) electrons. The lowest BCUT2D eigenvalue weighted by Crippen LogP contribution is -2.30. The summed E-state index contributed by atoms with van der Waals surface area (Å²) in [5.41, 5.74) is 2.36. The van der Waals surface area contributed by atoms with E-state index in [9.17, 15) is 5.11 Å². The van der Waals surface area contributed by atoms with E-state index in [1.165, 1.54) is 5.56 Å². The largest absolute Gasteiger partial charge is 0.495 e.